The lowest BCUT2D eigenvalue weighted by atomic mass is 10.3. The first kappa shape index (κ1) is 14.9. The van der Waals surface area contributed by atoms with Gasteiger partial charge >= 0.3 is 5.97 Å². The van der Waals surface area contributed by atoms with Gasteiger partial charge in [0.2, 0.25) is 5.04 Å². The van der Waals surface area contributed by atoms with Crippen LogP contribution < -0.4 is 11.2 Å². The number of hydrogen-bond donors (Lipinski definition) is 2. The number of nitrogen functional groups attached to an aromatic ring is 1. The third-order valence-electron chi connectivity index (χ3n) is 2.55. The maximum Gasteiger partial charge on any atom is 0.365 e. The van der Waals surface area contributed by atoms with Crippen molar-refractivity contribution in [3.05, 3.63) is 54.6 Å². The van der Waals surface area contributed by atoms with Crippen molar-refractivity contribution in [1.29, 1.82) is 0 Å². The number of para-hydroxylation sites is 2. The molecule has 0 amide bonds. The van der Waals surface area contributed by atoms with Crippen LogP contribution in [0.3, 0.4) is 0 Å². The van der Waals surface area contributed by atoms with Gasteiger partial charge in [-0.15, -0.1) is 0 Å². The Balaban J connectivity index is 2.19. The molecule has 0 saturated heterocycles. The van der Waals surface area contributed by atoms with E-state index in [1.807, 2.05) is 48.5 Å². The maximum absolute atomic E-state index is 11.8. The number of methoxy groups -OCH3 is 1. The molecule has 2 aromatic rings. The zero-order chi connectivity index (χ0) is 15.1. The van der Waals surface area contributed by atoms with Crippen LogP contribution in [-0.4, -0.2) is 18.1 Å². The summed E-state index contributed by atoms with van der Waals surface area (Å²) in [6.07, 6.45) is 0. The summed E-state index contributed by atoms with van der Waals surface area (Å²) >= 11 is 1.16. The molecular formula is C15H15N3O2S. The van der Waals surface area contributed by atoms with E-state index in [9.17, 15) is 4.79 Å². The van der Waals surface area contributed by atoms with Gasteiger partial charge in [-0.1, -0.05) is 42.1 Å². The fraction of sp³-hybridized carbons (Fsp3) is 0.0667. The summed E-state index contributed by atoms with van der Waals surface area (Å²) in [4.78, 5) is 12.5. The molecule has 0 aromatic heterocycles. The molecule has 21 heavy (non-hydrogen) atoms. The monoisotopic (exact) mass is 301 g/mol. The highest BCUT2D eigenvalue weighted by molar-refractivity contribution is 8.15. The van der Waals surface area contributed by atoms with E-state index in [0.717, 1.165) is 22.3 Å². The zero-order valence-corrected chi connectivity index (χ0v) is 12.3. The van der Waals surface area contributed by atoms with Gasteiger partial charge < -0.3 is 10.5 Å². The fourth-order valence-electron chi connectivity index (χ4n) is 1.50. The third-order valence-corrected chi connectivity index (χ3v) is 3.59. The Morgan fingerprint density at radius 2 is 1.81 bits per heavy atom. The van der Waals surface area contributed by atoms with Crippen molar-refractivity contribution in [2.75, 3.05) is 18.3 Å². The van der Waals surface area contributed by atoms with E-state index in [1.54, 1.807) is 6.07 Å². The molecule has 0 fully saturated rings. The topological polar surface area (TPSA) is 76.7 Å². The van der Waals surface area contributed by atoms with Gasteiger partial charge in [-0.3, -0.25) is 5.43 Å². The molecule has 0 aliphatic carbocycles. The van der Waals surface area contributed by atoms with Crippen molar-refractivity contribution < 1.29 is 9.53 Å². The number of esters is 1. The summed E-state index contributed by atoms with van der Waals surface area (Å²) in [5.74, 6) is -0.522. The van der Waals surface area contributed by atoms with Crippen LogP contribution in [0.15, 0.2) is 64.6 Å². The van der Waals surface area contributed by atoms with Gasteiger partial charge in [-0.05, 0) is 24.3 Å². The van der Waals surface area contributed by atoms with Crippen molar-refractivity contribution in [2.24, 2.45) is 5.10 Å². The Hall–Kier alpha value is -2.47. The number of carbonyl (C=O) groups is 1. The van der Waals surface area contributed by atoms with E-state index in [1.165, 1.54) is 7.11 Å². The number of anilines is 2. The van der Waals surface area contributed by atoms with Crippen LogP contribution in [0, 0.1) is 0 Å². The molecule has 0 saturated carbocycles. The molecule has 3 N–H and O–H groups in total. The minimum Gasteiger partial charge on any atom is -0.464 e. The molecule has 6 heteroatoms. The zero-order valence-electron chi connectivity index (χ0n) is 11.4. The molecule has 0 aliphatic rings. The fourth-order valence-corrected chi connectivity index (χ4v) is 2.30. The Morgan fingerprint density at radius 3 is 2.48 bits per heavy atom. The molecule has 0 unspecified atom stereocenters. The molecule has 0 aliphatic heterocycles. The van der Waals surface area contributed by atoms with Crippen molar-refractivity contribution in [3.8, 4) is 0 Å². The quantitative estimate of drug-likeness (QED) is 0.228. The normalized spacial score (nSPS) is 11.0. The molecule has 2 aromatic carbocycles. The standard InChI is InChI=1S/C15H15N3O2S/c1-20-15(19)14(18-17-11-7-3-2-4-8-11)21-13-10-6-5-9-12(13)16/h2-10,17H,16H2,1H3. The van der Waals surface area contributed by atoms with Gasteiger partial charge in [0.25, 0.3) is 0 Å². The van der Waals surface area contributed by atoms with E-state index >= 15 is 0 Å². The largest absolute Gasteiger partial charge is 0.464 e. The second-order valence-corrected chi connectivity index (χ2v) is 5.06. The van der Waals surface area contributed by atoms with Gasteiger partial charge in [0.05, 0.1) is 12.8 Å². The number of hydrazone groups is 1. The van der Waals surface area contributed by atoms with Gasteiger partial charge in [0.15, 0.2) is 0 Å². The molecular weight excluding hydrogens is 286 g/mol. The van der Waals surface area contributed by atoms with Crippen LogP contribution in [0.25, 0.3) is 0 Å². The summed E-state index contributed by atoms with van der Waals surface area (Å²) in [6, 6.07) is 16.6. The molecule has 2 rings (SSSR count). The van der Waals surface area contributed by atoms with Crippen LogP contribution >= 0.6 is 11.8 Å². The number of ether oxygens (including phenoxy) is 1. The Morgan fingerprint density at radius 1 is 1.14 bits per heavy atom. The maximum atomic E-state index is 11.8. The lowest BCUT2D eigenvalue weighted by molar-refractivity contribution is -0.132. The Labute approximate surface area is 127 Å². The molecule has 0 bridgehead atoms. The first-order chi connectivity index (χ1) is 10.2. The van der Waals surface area contributed by atoms with Crippen molar-refractivity contribution in [2.45, 2.75) is 4.90 Å². The first-order valence-electron chi connectivity index (χ1n) is 6.20. The SMILES string of the molecule is COC(=O)C(=NNc1ccccc1)Sc1ccccc1N. The number of thioether (sulfide) groups is 1. The number of benzene rings is 2. The predicted octanol–water partition coefficient (Wildman–Crippen LogP) is 2.96. The van der Waals surface area contributed by atoms with Crippen molar-refractivity contribution in [1.82, 2.24) is 0 Å². The van der Waals surface area contributed by atoms with Crippen LogP contribution in [0.1, 0.15) is 0 Å². The molecule has 0 spiro atoms. The molecule has 5 nitrogen and oxygen atoms in total. The molecule has 108 valence electrons. The number of nitrogens with one attached hydrogen (secondary N) is 1. The van der Waals surface area contributed by atoms with Crippen molar-refractivity contribution >= 4 is 34.1 Å². The second-order valence-electron chi connectivity index (χ2n) is 4.03. The molecule has 0 atom stereocenters. The van der Waals surface area contributed by atoms with Gasteiger partial charge in [0.1, 0.15) is 0 Å². The van der Waals surface area contributed by atoms with Gasteiger partial charge in [-0.2, -0.15) is 5.10 Å². The van der Waals surface area contributed by atoms with Crippen LogP contribution in [0.5, 0.6) is 0 Å². The van der Waals surface area contributed by atoms with E-state index in [0.29, 0.717) is 5.69 Å². The first-order valence-corrected chi connectivity index (χ1v) is 7.02. The highest BCUT2D eigenvalue weighted by Gasteiger charge is 2.15. The average molecular weight is 301 g/mol. The van der Waals surface area contributed by atoms with E-state index in [-0.39, 0.29) is 5.04 Å². The van der Waals surface area contributed by atoms with Gasteiger partial charge in [-0.25, -0.2) is 4.79 Å². The third kappa shape index (κ3) is 4.25. The van der Waals surface area contributed by atoms with Crippen LogP contribution in [-0.2, 0) is 9.53 Å². The highest BCUT2D eigenvalue weighted by atomic mass is 32.2. The minimum absolute atomic E-state index is 0.180. The number of carbonyl (C=O) groups excluding carboxylic acids is 1. The van der Waals surface area contributed by atoms with Gasteiger partial charge in [0, 0.05) is 10.6 Å². The smallest absolute Gasteiger partial charge is 0.365 e. The van der Waals surface area contributed by atoms with E-state index in [4.69, 9.17) is 10.5 Å². The lowest BCUT2D eigenvalue weighted by Crippen LogP contribution is -2.14. The van der Waals surface area contributed by atoms with E-state index < -0.39 is 5.97 Å². The Bertz CT molecular complexity index is 644. The van der Waals surface area contributed by atoms with Crippen molar-refractivity contribution in [3.63, 3.8) is 0 Å². The predicted molar refractivity (Wildman–Crippen MR) is 86.2 cm³/mol. The van der Waals surface area contributed by atoms with Crippen LogP contribution in [0.4, 0.5) is 11.4 Å². The summed E-state index contributed by atoms with van der Waals surface area (Å²) < 4.78 is 4.74. The number of hydrogen-bond acceptors (Lipinski definition) is 6. The molecule has 0 heterocycles. The average Bonchev–Trinajstić information content (AvgIpc) is 2.53. The Kier molecular flexibility index (Phi) is 5.22. The summed E-state index contributed by atoms with van der Waals surface area (Å²) in [5, 5.41) is 4.28. The lowest BCUT2D eigenvalue weighted by Gasteiger charge is -2.07. The number of nitrogens with two attached hydrogens (primary N) is 1. The van der Waals surface area contributed by atoms with Crippen LogP contribution in [0.2, 0.25) is 0 Å². The minimum atomic E-state index is -0.522. The highest BCUT2D eigenvalue weighted by Crippen LogP contribution is 2.26. The summed E-state index contributed by atoms with van der Waals surface area (Å²) in [7, 11) is 1.31. The van der Waals surface area contributed by atoms with E-state index in [2.05, 4.69) is 10.5 Å². The number of rotatable bonds is 3. The summed E-state index contributed by atoms with van der Waals surface area (Å²) in [5.41, 5.74) is 10.1. The number of nitrogens with zero attached hydrogens (tertiary/aromatic N) is 1. The summed E-state index contributed by atoms with van der Waals surface area (Å²) in [6.45, 7) is 0. The molecule has 0 radical (unpaired) electrons. The second kappa shape index (κ2) is 7.35.